The van der Waals surface area contributed by atoms with Crippen molar-refractivity contribution in [3.63, 3.8) is 0 Å². The van der Waals surface area contributed by atoms with Gasteiger partial charge >= 0.3 is 0 Å². The summed E-state index contributed by atoms with van der Waals surface area (Å²) < 4.78 is 34.5. The van der Waals surface area contributed by atoms with Crippen LogP contribution in [0.1, 0.15) is 16.2 Å². The van der Waals surface area contributed by atoms with Crippen LogP contribution in [0.4, 0.5) is 11.6 Å². The van der Waals surface area contributed by atoms with E-state index in [2.05, 4.69) is 20.0 Å². The number of aryl methyl sites for hydroxylation is 2. The fourth-order valence-electron chi connectivity index (χ4n) is 3.35. The maximum absolute atomic E-state index is 12.8. The molecule has 2 aromatic heterocycles. The van der Waals surface area contributed by atoms with Gasteiger partial charge in [0.25, 0.3) is 15.9 Å². The molecule has 0 aliphatic heterocycles. The van der Waals surface area contributed by atoms with Gasteiger partial charge in [-0.3, -0.25) is 4.79 Å². The van der Waals surface area contributed by atoms with Crippen molar-refractivity contribution in [2.75, 3.05) is 17.1 Å². The zero-order valence-corrected chi connectivity index (χ0v) is 20.6. The molecule has 0 unspecified atom stereocenters. The first-order valence-electron chi connectivity index (χ1n) is 9.86. The van der Waals surface area contributed by atoms with Crippen molar-refractivity contribution in [3.05, 3.63) is 70.0 Å². The number of carbonyl (C=O) groups is 1. The summed E-state index contributed by atoms with van der Waals surface area (Å²) >= 11 is 12.3. The molecule has 9 nitrogen and oxygen atoms in total. The molecule has 1 amide bonds. The van der Waals surface area contributed by atoms with Crippen molar-refractivity contribution in [1.29, 1.82) is 0 Å². The molecule has 4 rings (SSSR count). The van der Waals surface area contributed by atoms with E-state index in [0.717, 1.165) is 5.52 Å². The lowest BCUT2D eigenvalue weighted by Crippen LogP contribution is -2.17. The molecule has 0 saturated carbocycles. The normalized spacial score (nSPS) is 11.4. The highest BCUT2D eigenvalue weighted by Gasteiger charge is 2.19. The Morgan fingerprint density at radius 2 is 1.76 bits per heavy atom. The fourth-order valence-corrected chi connectivity index (χ4v) is 4.67. The molecule has 0 saturated heterocycles. The van der Waals surface area contributed by atoms with Gasteiger partial charge in [0, 0.05) is 35.4 Å². The lowest BCUT2D eigenvalue weighted by molar-refractivity contribution is 0.101. The predicted octanol–water partition coefficient (Wildman–Crippen LogP) is 4.65. The zero-order valence-electron chi connectivity index (χ0n) is 18.3. The second-order valence-corrected chi connectivity index (χ2v) is 9.81. The zero-order chi connectivity index (χ0) is 24.6. The molecule has 34 heavy (non-hydrogen) atoms. The van der Waals surface area contributed by atoms with Gasteiger partial charge in [0.1, 0.15) is 5.69 Å². The molecule has 0 radical (unpaired) electrons. The summed E-state index contributed by atoms with van der Waals surface area (Å²) in [6.45, 7) is 1.69. The van der Waals surface area contributed by atoms with Crippen LogP contribution in [-0.4, -0.2) is 36.0 Å². The van der Waals surface area contributed by atoms with E-state index in [-0.39, 0.29) is 22.6 Å². The van der Waals surface area contributed by atoms with Gasteiger partial charge in [0.05, 0.1) is 22.1 Å². The molecule has 0 aliphatic rings. The smallest absolute Gasteiger partial charge is 0.272 e. The number of methoxy groups -OCH3 is 1. The van der Waals surface area contributed by atoms with E-state index in [1.807, 2.05) is 0 Å². The molecular formula is C22H19Cl2N5O4S. The minimum atomic E-state index is -3.96. The number of hydrogen-bond donors (Lipinski definition) is 2. The Kier molecular flexibility index (Phi) is 6.39. The molecule has 12 heteroatoms. The Bertz CT molecular complexity index is 1520. The van der Waals surface area contributed by atoms with Gasteiger partial charge in [0.2, 0.25) is 11.8 Å². The summed E-state index contributed by atoms with van der Waals surface area (Å²) in [5.74, 6) is -0.260. The maximum atomic E-state index is 12.8. The monoisotopic (exact) mass is 519 g/mol. The molecule has 4 aromatic rings. The number of sulfonamides is 1. The number of carbonyl (C=O) groups excluding carboxylic acids is 1. The van der Waals surface area contributed by atoms with Crippen LogP contribution in [0.5, 0.6) is 5.88 Å². The van der Waals surface area contributed by atoms with Gasteiger partial charge in [-0.2, -0.15) is 4.98 Å². The van der Waals surface area contributed by atoms with Gasteiger partial charge in [0.15, 0.2) is 0 Å². The molecule has 0 aliphatic carbocycles. The fraction of sp³-hybridized carbons (Fsp3) is 0.136. The first-order valence-corrected chi connectivity index (χ1v) is 12.1. The van der Waals surface area contributed by atoms with E-state index in [9.17, 15) is 13.2 Å². The van der Waals surface area contributed by atoms with Crippen LogP contribution in [0.15, 0.2) is 53.4 Å². The van der Waals surface area contributed by atoms with Gasteiger partial charge in [-0.05, 0) is 49.4 Å². The number of amides is 1. The van der Waals surface area contributed by atoms with Crippen molar-refractivity contribution in [1.82, 2.24) is 14.5 Å². The van der Waals surface area contributed by atoms with Crippen molar-refractivity contribution < 1.29 is 17.9 Å². The number of nitrogens with zero attached hydrogens (tertiary/aromatic N) is 3. The van der Waals surface area contributed by atoms with Crippen LogP contribution < -0.4 is 14.8 Å². The standard InChI is InChI=1S/C22H19Cl2N5O4S/c1-12-10-19(33-3)27-22(25-12)28-34(31,32)14-6-4-13(5-7-14)26-21(30)18-11-15-17(29(18)2)9-8-16(23)20(15)24/h4-11H,1-3H3,(H,26,30)(H,25,27,28). The van der Waals surface area contributed by atoms with Crippen LogP contribution in [0.2, 0.25) is 10.0 Å². The largest absolute Gasteiger partial charge is 0.481 e. The molecule has 0 bridgehead atoms. The number of ether oxygens (including phenoxy) is 1. The van der Waals surface area contributed by atoms with Crippen molar-refractivity contribution >= 4 is 61.7 Å². The quantitative estimate of drug-likeness (QED) is 0.383. The van der Waals surface area contributed by atoms with Crippen LogP contribution in [0.3, 0.4) is 0 Å². The number of aromatic nitrogens is 3. The lowest BCUT2D eigenvalue weighted by Gasteiger charge is -2.10. The second kappa shape index (κ2) is 9.13. The lowest BCUT2D eigenvalue weighted by atomic mass is 10.2. The maximum Gasteiger partial charge on any atom is 0.272 e. The Labute approximate surface area is 205 Å². The third kappa shape index (κ3) is 4.65. The van der Waals surface area contributed by atoms with E-state index >= 15 is 0 Å². The SMILES string of the molecule is COc1cc(C)nc(NS(=O)(=O)c2ccc(NC(=O)c3cc4c(Cl)c(Cl)ccc4n3C)cc2)n1. The summed E-state index contributed by atoms with van der Waals surface area (Å²) in [4.78, 5) is 20.9. The predicted molar refractivity (Wildman–Crippen MR) is 131 cm³/mol. The topological polar surface area (TPSA) is 115 Å². The molecule has 0 spiro atoms. The van der Waals surface area contributed by atoms with Crippen molar-refractivity contribution in [3.8, 4) is 5.88 Å². The van der Waals surface area contributed by atoms with Crippen LogP contribution in [-0.2, 0) is 17.1 Å². The Morgan fingerprint density at radius 3 is 2.44 bits per heavy atom. The molecule has 2 heterocycles. The number of anilines is 2. The first kappa shape index (κ1) is 23.8. The van der Waals surface area contributed by atoms with Crippen molar-refractivity contribution in [2.24, 2.45) is 7.05 Å². The Morgan fingerprint density at radius 1 is 1.06 bits per heavy atom. The van der Waals surface area contributed by atoms with Crippen LogP contribution >= 0.6 is 23.2 Å². The van der Waals surface area contributed by atoms with Gasteiger partial charge < -0.3 is 14.6 Å². The van der Waals surface area contributed by atoms with E-state index in [1.165, 1.54) is 31.4 Å². The summed E-state index contributed by atoms with van der Waals surface area (Å²) in [6.07, 6.45) is 0. The average Bonchev–Trinajstić information content (AvgIpc) is 3.13. The summed E-state index contributed by atoms with van der Waals surface area (Å²) in [5.41, 5.74) is 2.07. The third-order valence-corrected chi connectivity index (χ3v) is 7.20. The van der Waals surface area contributed by atoms with Crippen molar-refractivity contribution in [2.45, 2.75) is 11.8 Å². The number of nitrogens with one attached hydrogen (secondary N) is 2. The van der Waals surface area contributed by atoms with Gasteiger partial charge in [-0.1, -0.05) is 23.2 Å². The molecule has 2 aromatic carbocycles. The average molecular weight is 520 g/mol. The highest BCUT2D eigenvalue weighted by Crippen LogP contribution is 2.32. The van der Waals surface area contributed by atoms with Crippen LogP contribution in [0.25, 0.3) is 10.9 Å². The van der Waals surface area contributed by atoms with E-state index in [1.54, 1.807) is 42.8 Å². The third-order valence-electron chi connectivity index (χ3n) is 5.03. The van der Waals surface area contributed by atoms with E-state index in [0.29, 0.717) is 32.5 Å². The van der Waals surface area contributed by atoms with E-state index < -0.39 is 10.0 Å². The molecule has 176 valence electrons. The van der Waals surface area contributed by atoms with Gasteiger partial charge in [-0.15, -0.1) is 0 Å². The van der Waals surface area contributed by atoms with Crippen LogP contribution in [0, 0.1) is 6.92 Å². The number of fused-ring (bicyclic) bond motifs is 1. The summed E-state index contributed by atoms with van der Waals surface area (Å²) in [7, 11) is -0.793. The second-order valence-electron chi connectivity index (χ2n) is 7.34. The summed E-state index contributed by atoms with van der Waals surface area (Å²) in [6, 6.07) is 12.4. The molecular weight excluding hydrogens is 501 g/mol. The highest BCUT2D eigenvalue weighted by atomic mass is 35.5. The Balaban J connectivity index is 1.53. The minimum absolute atomic E-state index is 0.0272. The number of rotatable bonds is 6. The van der Waals surface area contributed by atoms with E-state index in [4.69, 9.17) is 27.9 Å². The number of halogens is 2. The molecule has 0 atom stereocenters. The minimum Gasteiger partial charge on any atom is -0.481 e. The highest BCUT2D eigenvalue weighted by molar-refractivity contribution is 7.92. The molecule has 2 N–H and O–H groups in total. The number of hydrogen-bond acceptors (Lipinski definition) is 6. The molecule has 0 fully saturated rings. The van der Waals surface area contributed by atoms with Gasteiger partial charge in [-0.25, -0.2) is 18.1 Å². The summed E-state index contributed by atoms with van der Waals surface area (Å²) in [5, 5.41) is 4.17. The number of benzene rings is 2. The first-order chi connectivity index (χ1) is 16.1. The Hall–Kier alpha value is -3.34.